The summed E-state index contributed by atoms with van der Waals surface area (Å²) in [5.41, 5.74) is 3.82. The molecule has 2 rings (SSSR count). The van der Waals surface area contributed by atoms with Gasteiger partial charge in [0.1, 0.15) is 0 Å². The fourth-order valence-electron chi connectivity index (χ4n) is 2.50. The summed E-state index contributed by atoms with van der Waals surface area (Å²) in [4.78, 5) is 0. The molecule has 3 nitrogen and oxygen atoms in total. The first-order valence-electron chi connectivity index (χ1n) is 5.66. The molecule has 0 saturated heterocycles. The number of rotatable bonds is 1. The fraction of sp³-hybridized carbons (Fsp3) is 0.500. The molecule has 100 valence electrons. The van der Waals surface area contributed by atoms with E-state index in [1.54, 1.807) is 0 Å². The zero-order valence-corrected chi connectivity index (χ0v) is 9.59. The van der Waals surface area contributed by atoms with E-state index < -0.39 is 28.8 Å². The Kier molecular flexibility index (Phi) is 2.93. The first-order chi connectivity index (χ1) is 8.24. The number of benzene rings is 1. The monoisotopic (exact) mass is 261 g/mol. The largest absolute Gasteiger partial charge is 0.504 e. The average Bonchev–Trinajstić information content (AvgIpc) is 2.68. The molecule has 1 aromatic carbocycles. The standard InChI is InChI=1S/C12H14F3NO2/c13-12(14,15)8-6-10(18)9(17)5-7(8)11(16)3-1-2-4-11/h5-6,17-18H,1-4,16H2. The lowest BCUT2D eigenvalue weighted by Gasteiger charge is -2.28. The van der Waals surface area contributed by atoms with E-state index in [-0.39, 0.29) is 5.56 Å². The smallest absolute Gasteiger partial charge is 0.416 e. The SMILES string of the molecule is NC1(c2cc(O)c(O)cc2C(F)(F)F)CCCC1. The van der Waals surface area contributed by atoms with Crippen LogP contribution in [0.3, 0.4) is 0 Å². The number of hydrogen-bond acceptors (Lipinski definition) is 3. The van der Waals surface area contributed by atoms with Crippen LogP contribution in [0.15, 0.2) is 12.1 Å². The van der Waals surface area contributed by atoms with Gasteiger partial charge in [-0.05, 0) is 30.5 Å². The average molecular weight is 261 g/mol. The summed E-state index contributed by atoms with van der Waals surface area (Å²) in [6.07, 6.45) is -2.19. The Morgan fingerprint density at radius 1 is 1.06 bits per heavy atom. The van der Waals surface area contributed by atoms with E-state index in [1.807, 2.05) is 0 Å². The summed E-state index contributed by atoms with van der Waals surface area (Å²) in [7, 11) is 0. The van der Waals surface area contributed by atoms with Crippen LogP contribution in [0.2, 0.25) is 0 Å². The predicted molar refractivity (Wildman–Crippen MR) is 59.1 cm³/mol. The van der Waals surface area contributed by atoms with Gasteiger partial charge in [-0.15, -0.1) is 0 Å². The quantitative estimate of drug-likeness (QED) is 0.681. The molecular formula is C12H14F3NO2. The minimum absolute atomic E-state index is 0.136. The van der Waals surface area contributed by atoms with Crippen LogP contribution in [0.25, 0.3) is 0 Å². The van der Waals surface area contributed by atoms with E-state index in [9.17, 15) is 23.4 Å². The van der Waals surface area contributed by atoms with Gasteiger partial charge < -0.3 is 15.9 Å². The summed E-state index contributed by atoms with van der Waals surface area (Å²) in [6.45, 7) is 0. The number of phenols is 2. The van der Waals surface area contributed by atoms with Crippen LogP contribution in [0.5, 0.6) is 11.5 Å². The summed E-state index contributed by atoms with van der Waals surface area (Å²) in [5, 5.41) is 18.6. The molecule has 0 radical (unpaired) electrons. The molecule has 0 aliphatic heterocycles. The van der Waals surface area contributed by atoms with Crippen molar-refractivity contribution in [2.75, 3.05) is 0 Å². The molecule has 0 amide bonds. The molecular weight excluding hydrogens is 247 g/mol. The van der Waals surface area contributed by atoms with Crippen LogP contribution in [0.1, 0.15) is 36.8 Å². The lowest BCUT2D eigenvalue weighted by molar-refractivity contribution is -0.139. The van der Waals surface area contributed by atoms with Crippen molar-refractivity contribution < 1.29 is 23.4 Å². The van der Waals surface area contributed by atoms with E-state index >= 15 is 0 Å². The molecule has 0 atom stereocenters. The van der Waals surface area contributed by atoms with Crippen molar-refractivity contribution in [1.82, 2.24) is 0 Å². The van der Waals surface area contributed by atoms with Gasteiger partial charge in [0.25, 0.3) is 0 Å². The van der Waals surface area contributed by atoms with Gasteiger partial charge in [-0.3, -0.25) is 0 Å². The van der Waals surface area contributed by atoms with Gasteiger partial charge in [0.15, 0.2) is 11.5 Å². The van der Waals surface area contributed by atoms with Crippen molar-refractivity contribution in [3.8, 4) is 11.5 Å². The minimum atomic E-state index is -4.60. The second kappa shape index (κ2) is 4.05. The molecule has 0 unspecified atom stereocenters. The third kappa shape index (κ3) is 2.12. The number of nitrogens with two attached hydrogens (primary N) is 1. The lowest BCUT2D eigenvalue weighted by atomic mass is 9.85. The Labute approximate surface area is 102 Å². The molecule has 18 heavy (non-hydrogen) atoms. The van der Waals surface area contributed by atoms with E-state index in [2.05, 4.69) is 0 Å². The van der Waals surface area contributed by atoms with Gasteiger partial charge in [0, 0.05) is 5.54 Å². The van der Waals surface area contributed by atoms with E-state index in [0.717, 1.165) is 18.9 Å². The zero-order chi connectivity index (χ0) is 13.6. The molecule has 6 heteroatoms. The maximum atomic E-state index is 12.9. The number of halogens is 3. The van der Waals surface area contributed by atoms with Crippen molar-refractivity contribution in [2.45, 2.75) is 37.4 Å². The Morgan fingerprint density at radius 2 is 1.56 bits per heavy atom. The van der Waals surface area contributed by atoms with E-state index in [0.29, 0.717) is 18.9 Å². The fourth-order valence-corrected chi connectivity index (χ4v) is 2.50. The van der Waals surface area contributed by atoms with Gasteiger partial charge in [-0.2, -0.15) is 13.2 Å². The topological polar surface area (TPSA) is 66.5 Å². The molecule has 4 N–H and O–H groups in total. The zero-order valence-electron chi connectivity index (χ0n) is 9.59. The second-order valence-corrected chi connectivity index (χ2v) is 4.75. The molecule has 1 aromatic rings. The Hall–Kier alpha value is -1.43. The second-order valence-electron chi connectivity index (χ2n) is 4.75. The minimum Gasteiger partial charge on any atom is -0.504 e. The van der Waals surface area contributed by atoms with Gasteiger partial charge >= 0.3 is 6.18 Å². The van der Waals surface area contributed by atoms with Crippen LogP contribution in [-0.4, -0.2) is 10.2 Å². The summed E-state index contributed by atoms with van der Waals surface area (Å²) >= 11 is 0. The third-order valence-corrected chi connectivity index (χ3v) is 3.45. The molecule has 1 aliphatic carbocycles. The van der Waals surface area contributed by atoms with Crippen molar-refractivity contribution in [2.24, 2.45) is 5.73 Å². The molecule has 0 bridgehead atoms. The first kappa shape index (κ1) is 13.0. The van der Waals surface area contributed by atoms with Crippen molar-refractivity contribution in [1.29, 1.82) is 0 Å². The number of hydrogen-bond donors (Lipinski definition) is 3. The highest BCUT2D eigenvalue weighted by Gasteiger charge is 2.42. The summed E-state index contributed by atoms with van der Waals surface area (Å²) in [6, 6.07) is 1.47. The molecule has 1 aliphatic rings. The highest BCUT2D eigenvalue weighted by Crippen LogP contribution is 2.46. The van der Waals surface area contributed by atoms with E-state index in [1.165, 1.54) is 0 Å². The highest BCUT2D eigenvalue weighted by molar-refractivity contribution is 5.49. The molecule has 0 heterocycles. The van der Waals surface area contributed by atoms with Gasteiger partial charge in [-0.1, -0.05) is 12.8 Å². The van der Waals surface area contributed by atoms with Crippen LogP contribution in [0, 0.1) is 0 Å². The lowest BCUT2D eigenvalue weighted by Crippen LogP contribution is -2.35. The van der Waals surface area contributed by atoms with Gasteiger partial charge in [0.2, 0.25) is 0 Å². The van der Waals surface area contributed by atoms with Crippen LogP contribution in [-0.2, 0) is 11.7 Å². The molecule has 1 fully saturated rings. The number of phenolic OH excluding ortho intramolecular Hbond substituents is 2. The van der Waals surface area contributed by atoms with Crippen molar-refractivity contribution >= 4 is 0 Å². The van der Waals surface area contributed by atoms with Crippen molar-refractivity contribution in [3.05, 3.63) is 23.3 Å². The van der Waals surface area contributed by atoms with Crippen LogP contribution < -0.4 is 5.73 Å². The Balaban J connectivity index is 2.61. The maximum Gasteiger partial charge on any atom is 0.416 e. The summed E-state index contributed by atoms with van der Waals surface area (Å²) < 4.78 is 38.8. The van der Waals surface area contributed by atoms with Crippen molar-refractivity contribution in [3.63, 3.8) is 0 Å². The maximum absolute atomic E-state index is 12.9. The van der Waals surface area contributed by atoms with Crippen LogP contribution in [0.4, 0.5) is 13.2 Å². The first-order valence-corrected chi connectivity index (χ1v) is 5.66. The molecule has 0 aromatic heterocycles. The third-order valence-electron chi connectivity index (χ3n) is 3.45. The van der Waals surface area contributed by atoms with Crippen LogP contribution >= 0.6 is 0 Å². The van der Waals surface area contributed by atoms with E-state index in [4.69, 9.17) is 5.73 Å². The predicted octanol–water partition coefficient (Wildman–Crippen LogP) is 2.84. The summed E-state index contributed by atoms with van der Waals surface area (Å²) in [5.74, 6) is -1.36. The number of alkyl halides is 3. The molecule has 0 spiro atoms. The Bertz CT molecular complexity index is 465. The molecule has 1 saturated carbocycles. The van der Waals surface area contributed by atoms with Gasteiger partial charge in [-0.25, -0.2) is 0 Å². The Morgan fingerprint density at radius 3 is 2.06 bits per heavy atom. The normalized spacial score (nSPS) is 19.1. The highest BCUT2D eigenvalue weighted by atomic mass is 19.4. The number of aromatic hydroxyl groups is 2. The van der Waals surface area contributed by atoms with Gasteiger partial charge in [0.05, 0.1) is 5.56 Å².